The van der Waals surface area contributed by atoms with Crippen LogP contribution in [0.4, 0.5) is 0 Å². The zero-order valence-corrected chi connectivity index (χ0v) is 24.7. The summed E-state index contributed by atoms with van der Waals surface area (Å²) in [7, 11) is 0. The smallest absolute Gasteiger partial charge is 0.143 e. The number of aryl methyl sites for hydroxylation is 5. The summed E-state index contributed by atoms with van der Waals surface area (Å²) in [5.74, 6) is 0. The molecule has 208 valence electrons. The molecule has 0 atom stereocenters. The van der Waals surface area contributed by atoms with Crippen LogP contribution in [-0.4, -0.2) is 25.3 Å². The van der Waals surface area contributed by atoms with Gasteiger partial charge in [-0.3, -0.25) is 0 Å². The molecular formula is C32H49N5O. The Morgan fingerprint density at radius 2 is 1.00 bits per heavy atom. The Labute approximate surface area is 228 Å². The maximum absolute atomic E-state index is 5.36. The first kappa shape index (κ1) is 28.5. The van der Waals surface area contributed by atoms with Gasteiger partial charge in [0.15, 0.2) is 0 Å². The summed E-state index contributed by atoms with van der Waals surface area (Å²) >= 11 is 0. The maximum atomic E-state index is 5.36. The van der Waals surface area contributed by atoms with Gasteiger partial charge < -0.3 is 0 Å². The van der Waals surface area contributed by atoms with E-state index >= 15 is 0 Å². The van der Waals surface area contributed by atoms with Crippen LogP contribution in [0, 0.1) is 13.8 Å². The van der Waals surface area contributed by atoms with Gasteiger partial charge in [-0.15, -0.1) is 0 Å². The highest BCUT2D eigenvalue weighted by molar-refractivity contribution is 6.18. The van der Waals surface area contributed by atoms with Gasteiger partial charge in [-0.05, 0) is 78.5 Å². The minimum absolute atomic E-state index is 0.881. The van der Waals surface area contributed by atoms with Crippen LogP contribution in [0.5, 0.6) is 0 Å². The van der Waals surface area contributed by atoms with Gasteiger partial charge in [0.05, 0.1) is 6.54 Å². The van der Waals surface area contributed by atoms with E-state index in [0.717, 1.165) is 47.9 Å². The first-order valence-electron chi connectivity index (χ1n) is 15.6. The summed E-state index contributed by atoms with van der Waals surface area (Å²) in [5.41, 5.74) is 9.10. The molecule has 4 aromatic rings. The molecule has 0 fully saturated rings. The second kappa shape index (κ2) is 14.0. The SMILES string of the molecule is CCCCCCCCn1nc2c(C)c(CCCCCC)c3c4nonc4c(C)c(CCCCCC)c3c2n1. The van der Waals surface area contributed by atoms with Crippen molar-refractivity contribution in [1.82, 2.24) is 25.3 Å². The molecule has 2 aromatic heterocycles. The van der Waals surface area contributed by atoms with Crippen molar-refractivity contribution in [1.29, 1.82) is 0 Å². The summed E-state index contributed by atoms with van der Waals surface area (Å²) < 4.78 is 5.36. The average molecular weight is 520 g/mol. The number of aromatic nitrogens is 5. The van der Waals surface area contributed by atoms with Crippen molar-refractivity contribution in [2.24, 2.45) is 0 Å². The van der Waals surface area contributed by atoms with Crippen LogP contribution in [0.3, 0.4) is 0 Å². The molecule has 2 aromatic carbocycles. The van der Waals surface area contributed by atoms with Crippen molar-refractivity contribution in [2.45, 2.75) is 144 Å². The molecule has 0 aliphatic rings. The van der Waals surface area contributed by atoms with Crippen molar-refractivity contribution in [3.05, 3.63) is 22.3 Å². The first-order valence-corrected chi connectivity index (χ1v) is 15.6. The zero-order valence-electron chi connectivity index (χ0n) is 24.7. The Balaban J connectivity index is 1.82. The molecule has 4 rings (SSSR count). The van der Waals surface area contributed by atoms with Crippen LogP contribution in [0.25, 0.3) is 32.8 Å². The predicted octanol–water partition coefficient (Wildman–Crippen LogP) is 9.34. The van der Waals surface area contributed by atoms with E-state index in [0.29, 0.717) is 0 Å². The summed E-state index contributed by atoms with van der Waals surface area (Å²) in [6.07, 6.45) is 19.6. The van der Waals surface area contributed by atoms with Crippen LogP contribution in [0.15, 0.2) is 4.63 Å². The topological polar surface area (TPSA) is 69.6 Å². The fourth-order valence-corrected chi connectivity index (χ4v) is 6.07. The third kappa shape index (κ3) is 6.21. The number of unbranched alkanes of at least 4 members (excludes halogenated alkanes) is 11. The molecule has 6 nitrogen and oxygen atoms in total. The van der Waals surface area contributed by atoms with Crippen LogP contribution < -0.4 is 0 Å². The Kier molecular flexibility index (Phi) is 10.5. The lowest BCUT2D eigenvalue weighted by molar-refractivity contribution is 0.315. The van der Waals surface area contributed by atoms with Crippen molar-refractivity contribution >= 4 is 32.8 Å². The van der Waals surface area contributed by atoms with Crippen LogP contribution in [0.1, 0.15) is 133 Å². The predicted molar refractivity (Wildman–Crippen MR) is 159 cm³/mol. The minimum atomic E-state index is 0.881. The molecule has 0 N–H and O–H groups in total. The molecule has 0 bridgehead atoms. The average Bonchev–Trinajstić information content (AvgIpc) is 3.58. The standard InChI is InChI=1S/C32H49N5O/c1-6-9-12-15-16-19-22-37-33-29-23(4)25(20-17-13-10-7-2)28-27(31(29)34-37)26(21-18-14-11-8-3)24(5)30-32(28)36-38-35-30/h6-22H2,1-5H3. The Bertz CT molecular complexity index is 1310. The second-order valence-corrected chi connectivity index (χ2v) is 11.3. The third-order valence-corrected chi connectivity index (χ3v) is 8.36. The lowest BCUT2D eigenvalue weighted by atomic mass is 9.87. The summed E-state index contributed by atoms with van der Waals surface area (Å²) in [6, 6.07) is 0. The van der Waals surface area contributed by atoms with Crippen molar-refractivity contribution < 1.29 is 4.63 Å². The van der Waals surface area contributed by atoms with Gasteiger partial charge in [0.2, 0.25) is 0 Å². The first-order chi connectivity index (χ1) is 18.6. The largest absolute Gasteiger partial charge is 0.243 e. The Morgan fingerprint density at radius 3 is 1.63 bits per heavy atom. The number of fused-ring (bicyclic) bond motifs is 5. The van der Waals surface area contributed by atoms with Crippen LogP contribution >= 0.6 is 0 Å². The molecule has 0 saturated heterocycles. The van der Waals surface area contributed by atoms with Crippen molar-refractivity contribution in [3.8, 4) is 0 Å². The number of benzene rings is 2. The third-order valence-electron chi connectivity index (χ3n) is 8.36. The van der Waals surface area contributed by atoms with Crippen molar-refractivity contribution in [2.75, 3.05) is 0 Å². The maximum Gasteiger partial charge on any atom is 0.143 e. The number of hydrogen-bond acceptors (Lipinski definition) is 5. The van der Waals surface area contributed by atoms with Gasteiger partial charge in [-0.25, -0.2) is 4.63 Å². The van der Waals surface area contributed by atoms with E-state index in [2.05, 4.69) is 44.9 Å². The molecule has 0 radical (unpaired) electrons. The Hall–Kier alpha value is -2.50. The Morgan fingerprint density at radius 1 is 0.526 bits per heavy atom. The lowest BCUT2D eigenvalue weighted by Gasteiger charge is -2.16. The van der Waals surface area contributed by atoms with Gasteiger partial charge in [0.1, 0.15) is 22.1 Å². The fraction of sp³-hybridized carbons (Fsp3) is 0.688. The highest BCUT2D eigenvalue weighted by Gasteiger charge is 2.24. The van der Waals surface area contributed by atoms with E-state index < -0.39 is 0 Å². The summed E-state index contributed by atoms with van der Waals surface area (Å²) in [4.78, 5) is 1.97. The number of nitrogens with zero attached hydrogens (tertiary/aromatic N) is 5. The van der Waals surface area contributed by atoms with Gasteiger partial charge >= 0.3 is 0 Å². The normalized spacial score (nSPS) is 12.0. The number of rotatable bonds is 17. The van der Waals surface area contributed by atoms with Crippen LogP contribution in [-0.2, 0) is 19.4 Å². The zero-order chi connectivity index (χ0) is 26.9. The molecule has 38 heavy (non-hydrogen) atoms. The molecule has 0 aliphatic carbocycles. The molecule has 0 unspecified atom stereocenters. The molecular weight excluding hydrogens is 470 g/mol. The highest BCUT2D eigenvalue weighted by Crippen LogP contribution is 2.40. The van der Waals surface area contributed by atoms with E-state index in [4.69, 9.17) is 14.8 Å². The van der Waals surface area contributed by atoms with E-state index in [1.807, 2.05) is 4.80 Å². The molecule has 6 heteroatoms. The van der Waals surface area contributed by atoms with E-state index in [9.17, 15) is 0 Å². The molecule has 0 amide bonds. The molecule has 0 aliphatic heterocycles. The van der Waals surface area contributed by atoms with Gasteiger partial charge in [0, 0.05) is 10.8 Å². The van der Waals surface area contributed by atoms with Gasteiger partial charge in [0.25, 0.3) is 0 Å². The van der Waals surface area contributed by atoms with E-state index in [-0.39, 0.29) is 0 Å². The minimum Gasteiger partial charge on any atom is -0.243 e. The van der Waals surface area contributed by atoms with Gasteiger partial charge in [-0.1, -0.05) is 91.4 Å². The van der Waals surface area contributed by atoms with Gasteiger partial charge in [-0.2, -0.15) is 15.0 Å². The molecule has 2 heterocycles. The van der Waals surface area contributed by atoms with E-state index in [1.165, 1.54) is 116 Å². The molecule has 0 spiro atoms. The highest BCUT2D eigenvalue weighted by atomic mass is 16.6. The summed E-state index contributed by atoms with van der Waals surface area (Å²) in [5, 5.41) is 21.6. The molecule has 0 saturated carbocycles. The fourth-order valence-electron chi connectivity index (χ4n) is 6.07. The number of hydrogen-bond donors (Lipinski definition) is 0. The summed E-state index contributed by atoms with van der Waals surface area (Å²) in [6.45, 7) is 12.1. The van der Waals surface area contributed by atoms with E-state index in [1.54, 1.807) is 0 Å². The second-order valence-electron chi connectivity index (χ2n) is 11.3. The van der Waals surface area contributed by atoms with Crippen LogP contribution in [0.2, 0.25) is 0 Å². The van der Waals surface area contributed by atoms with Crippen molar-refractivity contribution in [3.63, 3.8) is 0 Å². The monoisotopic (exact) mass is 519 g/mol. The lowest BCUT2D eigenvalue weighted by Crippen LogP contribution is -2.02. The quantitative estimate of drug-likeness (QED) is 0.130.